The Morgan fingerprint density at radius 2 is 2.00 bits per heavy atom. The van der Waals surface area contributed by atoms with E-state index in [2.05, 4.69) is 15.4 Å². The average Bonchev–Trinajstić information content (AvgIpc) is 2.99. The number of hydrogen-bond acceptors (Lipinski definition) is 5. The van der Waals surface area contributed by atoms with Crippen molar-refractivity contribution in [1.29, 1.82) is 0 Å². The molecule has 1 fully saturated rings. The van der Waals surface area contributed by atoms with Crippen molar-refractivity contribution < 1.29 is 14.4 Å². The molecule has 0 unspecified atom stereocenters. The number of carbonyl (C=O) groups is 1. The number of hydrogen-bond donors (Lipinski definition) is 2. The van der Waals surface area contributed by atoms with Gasteiger partial charge in [-0.3, -0.25) is 4.90 Å². The molecule has 0 amide bonds. The Morgan fingerprint density at radius 3 is 2.62 bits per heavy atom. The second-order valence-electron chi connectivity index (χ2n) is 5.10. The SMILES string of the molecule is O=C(O)c1cc(-c2ccc(CN3CCNCC3)cc2)no1. The molecule has 1 saturated heterocycles. The molecule has 2 N–H and O–H groups in total. The first kappa shape index (κ1) is 13.8. The van der Waals surface area contributed by atoms with E-state index in [1.54, 1.807) is 0 Å². The van der Waals surface area contributed by atoms with Crippen LogP contribution in [-0.4, -0.2) is 47.3 Å². The highest BCUT2D eigenvalue weighted by atomic mass is 16.5. The summed E-state index contributed by atoms with van der Waals surface area (Å²) in [5, 5.41) is 15.9. The molecule has 2 aromatic rings. The van der Waals surface area contributed by atoms with Crippen LogP contribution in [0.15, 0.2) is 34.9 Å². The minimum Gasteiger partial charge on any atom is -0.475 e. The van der Waals surface area contributed by atoms with Gasteiger partial charge in [0.05, 0.1) is 0 Å². The van der Waals surface area contributed by atoms with Crippen molar-refractivity contribution in [2.45, 2.75) is 6.54 Å². The summed E-state index contributed by atoms with van der Waals surface area (Å²) >= 11 is 0. The zero-order chi connectivity index (χ0) is 14.7. The second-order valence-corrected chi connectivity index (χ2v) is 5.10. The van der Waals surface area contributed by atoms with Crippen LogP contribution in [0.1, 0.15) is 16.1 Å². The summed E-state index contributed by atoms with van der Waals surface area (Å²) in [6.07, 6.45) is 0. The molecular formula is C15H17N3O3. The zero-order valence-electron chi connectivity index (χ0n) is 11.6. The van der Waals surface area contributed by atoms with E-state index in [1.807, 2.05) is 24.3 Å². The Bertz CT molecular complexity index is 615. The first-order chi connectivity index (χ1) is 10.2. The second kappa shape index (κ2) is 6.07. The van der Waals surface area contributed by atoms with Crippen LogP contribution in [0, 0.1) is 0 Å². The van der Waals surface area contributed by atoms with E-state index >= 15 is 0 Å². The highest BCUT2D eigenvalue weighted by Gasteiger charge is 2.13. The molecular weight excluding hydrogens is 270 g/mol. The van der Waals surface area contributed by atoms with E-state index in [9.17, 15) is 4.79 Å². The van der Waals surface area contributed by atoms with Crippen molar-refractivity contribution in [3.8, 4) is 11.3 Å². The third-order valence-corrected chi connectivity index (χ3v) is 3.59. The molecule has 0 bridgehead atoms. The lowest BCUT2D eigenvalue weighted by atomic mass is 10.1. The van der Waals surface area contributed by atoms with E-state index in [-0.39, 0.29) is 5.76 Å². The first-order valence-corrected chi connectivity index (χ1v) is 6.95. The summed E-state index contributed by atoms with van der Waals surface area (Å²) in [7, 11) is 0. The lowest BCUT2D eigenvalue weighted by molar-refractivity contribution is 0.0652. The smallest absolute Gasteiger partial charge is 0.374 e. The number of carboxylic acid groups (broad SMARTS) is 1. The van der Waals surface area contributed by atoms with Gasteiger partial charge in [-0.25, -0.2) is 4.79 Å². The molecule has 3 rings (SSSR count). The molecule has 110 valence electrons. The predicted molar refractivity (Wildman–Crippen MR) is 77.0 cm³/mol. The van der Waals surface area contributed by atoms with Crippen LogP contribution in [0.5, 0.6) is 0 Å². The van der Waals surface area contributed by atoms with Gasteiger partial charge in [0.1, 0.15) is 5.69 Å². The molecule has 1 aromatic heterocycles. The van der Waals surface area contributed by atoms with Gasteiger partial charge < -0.3 is 14.9 Å². The molecule has 0 saturated carbocycles. The summed E-state index contributed by atoms with van der Waals surface area (Å²) in [6.45, 7) is 5.13. The van der Waals surface area contributed by atoms with Gasteiger partial charge in [-0.2, -0.15) is 0 Å². The van der Waals surface area contributed by atoms with E-state index in [4.69, 9.17) is 9.63 Å². The van der Waals surface area contributed by atoms with Crippen LogP contribution in [0.4, 0.5) is 0 Å². The molecule has 21 heavy (non-hydrogen) atoms. The van der Waals surface area contributed by atoms with E-state index in [0.717, 1.165) is 38.3 Å². The largest absolute Gasteiger partial charge is 0.475 e. The maximum atomic E-state index is 10.8. The zero-order valence-corrected chi connectivity index (χ0v) is 11.6. The topological polar surface area (TPSA) is 78.6 Å². The summed E-state index contributed by atoms with van der Waals surface area (Å²) < 4.78 is 4.77. The van der Waals surface area contributed by atoms with Crippen LogP contribution in [0.3, 0.4) is 0 Å². The number of carboxylic acids is 1. The van der Waals surface area contributed by atoms with E-state index in [1.165, 1.54) is 11.6 Å². The van der Waals surface area contributed by atoms with Crippen LogP contribution >= 0.6 is 0 Å². The Labute approximate surface area is 122 Å². The van der Waals surface area contributed by atoms with Gasteiger partial charge in [0.25, 0.3) is 0 Å². The Morgan fingerprint density at radius 1 is 1.29 bits per heavy atom. The van der Waals surface area contributed by atoms with Gasteiger partial charge in [-0.15, -0.1) is 0 Å². The fourth-order valence-electron chi connectivity index (χ4n) is 2.42. The van der Waals surface area contributed by atoms with Gasteiger partial charge >= 0.3 is 5.97 Å². The van der Waals surface area contributed by atoms with Crippen LogP contribution in [-0.2, 0) is 6.54 Å². The van der Waals surface area contributed by atoms with Gasteiger partial charge in [0, 0.05) is 44.4 Å². The Hall–Kier alpha value is -2.18. The van der Waals surface area contributed by atoms with Crippen LogP contribution in [0.25, 0.3) is 11.3 Å². The maximum Gasteiger partial charge on any atom is 0.374 e. The molecule has 1 aliphatic heterocycles. The summed E-state index contributed by atoms with van der Waals surface area (Å²) in [4.78, 5) is 13.2. The van der Waals surface area contributed by atoms with Crippen LogP contribution < -0.4 is 5.32 Å². The van der Waals surface area contributed by atoms with Crippen LogP contribution in [0.2, 0.25) is 0 Å². The quantitative estimate of drug-likeness (QED) is 0.886. The fourth-order valence-corrected chi connectivity index (χ4v) is 2.42. The number of aromatic nitrogens is 1. The minimum absolute atomic E-state index is 0.144. The first-order valence-electron chi connectivity index (χ1n) is 6.95. The monoisotopic (exact) mass is 287 g/mol. The van der Waals surface area contributed by atoms with E-state index in [0.29, 0.717) is 5.69 Å². The van der Waals surface area contributed by atoms with Crippen molar-refractivity contribution in [2.24, 2.45) is 0 Å². The summed E-state index contributed by atoms with van der Waals surface area (Å²) in [6, 6.07) is 9.43. The number of rotatable bonds is 4. The molecule has 6 nitrogen and oxygen atoms in total. The van der Waals surface area contributed by atoms with Crippen molar-refractivity contribution in [1.82, 2.24) is 15.4 Å². The Balaban J connectivity index is 1.69. The third-order valence-electron chi connectivity index (χ3n) is 3.59. The summed E-state index contributed by atoms with van der Waals surface area (Å²) in [5.74, 6) is -1.25. The van der Waals surface area contributed by atoms with E-state index < -0.39 is 5.97 Å². The molecule has 6 heteroatoms. The van der Waals surface area contributed by atoms with Crippen molar-refractivity contribution in [3.05, 3.63) is 41.7 Å². The lowest BCUT2D eigenvalue weighted by Gasteiger charge is -2.27. The number of benzene rings is 1. The summed E-state index contributed by atoms with van der Waals surface area (Å²) in [5.41, 5.74) is 2.64. The molecule has 0 atom stereocenters. The van der Waals surface area contributed by atoms with Crippen molar-refractivity contribution in [2.75, 3.05) is 26.2 Å². The number of nitrogens with one attached hydrogen (secondary N) is 1. The van der Waals surface area contributed by atoms with Gasteiger partial charge in [-0.1, -0.05) is 29.4 Å². The number of nitrogens with zero attached hydrogens (tertiary/aromatic N) is 2. The molecule has 0 radical (unpaired) electrons. The van der Waals surface area contributed by atoms with Crippen molar-refractivity contribution >= 4 is 5.97 Å². The third kappa shape index (κ3) is 3.29. The van der Waals surface area contributed by atoms with Gasteiger partial charge in [0.2, 0.25) is 5.76 Å². The standard InChI is InChI=1S/C15H17N3O3/c19-15(20)14-9-13(17-21-14)12-3-1-11(2-4-12)10-18-7-5-16-6-8-18/h1-4,9,16H,5-8,10H2,(H,19,20). The molecule has 2 heterocycles. The molecule has 1 aliphatic rings. The van der Waals surface area contributed by atoms with Gasteiger partial charge in [0.15, 0.2) is 0 Å². The fraction of sp³-hybridized carbons (Fsp3) is 0.333. The Kier molecular flexibility index (Phi) is 3.98. The molecule has 0 spiro atoms. The molecule has 0 aliphatic carbocycles. The van der Waals surface area contributed by atoms with Crippen molar-refractivity contribution in [3.63, 3.8) is 0 Å². The normalized spacial score (nSPS) is 16.0. The number of piperazine rings is 1. The highest BCUT2D eigenvalue weighted by Crippen LogP contribution is 2.20. The molecule has 1 aromatic carbocycles. The highest BCUT2D eigenvalue weighted by molar-refractivity contribution is 5.85. The minimum atomic E-state index is -1.11. The average molecular weight is 287 g/mol. The number of aromatic carboxylic acids is 1. The van der Waals surface area contributed by atoms with Gasteiger partial charge in [-0.05, 0) is 5.56 Å². The maximum absolute atomic E-state index is 10.8. The lowest BCUT2D eigenvalue weighted by Crippen LogP contribution is -2.42. The predicted octanol–water partition coefficient (Wildman–Crippen LogP) is 1.45.